The number of hydrogen-bond acceptors (Lipinski definition) is 6. The van der Waals surface area contributed by atoms with E-state index in [4.69, 9.17) is 0 Å². The molecule has 0 saturated carbocycles. The number of nitro benzene ring substituents is 1. The van der Waals surface area contributed by atoms with Gasteiger partial charge in [-0.05, 0) is 47.7 Å². The van der Waals surface area contributed by atoms with Crippen LogP contribution in [0.2, 0.25) is 0 Å². The first kappa shape index (κ1) is 18.4. The van der Waals surface area contributed by atoms with Gasteiger partial charge in [-0.3, -0.25) is 19.8 Å². The molecule has 0 unspecified atom stereocenters. The minimum atomic E-state index is -0.474. The van der Waals surface area contributed by atoms with Crippen LogP contribution in [-0.2, 0) is 4.79 Å². The standard InChI is InChI=1S/C19H15N3O4S/c1-2-10-21-18(24)17(11-13-6-8-15(9-7-13)22(25)26)27-19(21)20-14-4-3-5-16(23)12-14/h2-9,11-12,23H,1,10H2/b17-11+,20-19?. The first-order chi connectivity index (χ1) is 13.0. The minimum absolute atomic E-state index is 0.0121. The number of non-ortho nitro benzene ring substituents is 1. The van der Waals surface area contributed by atoms with Crippen molar-refractivity contribution in [2.24, 2.45) is 4.99 Å². The van der Waals surface area contributed by atoms with Gasteiger partial charge in [0.2, 0.25) is 0 Å². The Labute approximate surface area is 159 Å². The lowest BCUT2D eigenvalue weighted by molar-refractivity contribution is -0.384. The Hall–Kier alpha value is -3.39. The summed E-state index contributed by atoms with van der Waals surface area (Å²) in [7, 11) is 0. The van der Waals surface area contributed by atoms with Crippen molar-refractivity contribution in [1.82, 2.24) is 4.90 Å². The van der Waals surface area contributed by atoms with Gasteiger partial charge in [0.05, 0.1) is 15.5 Å². The number of amidine groups is 1. The first-order valence-corrected chi connectivity index (χ1v) is 8.74. The number of nitrogens with zero attached hydrogens (tertiary/aromatic N) is 3. The van der Waals surface area contributed by atoms with Gasteiger partial charge in [0.1, 0.15) is 5.75 Å². The van der Waals surface area contributed by atoms with E-state index in [2.05, 4.69) is 11.6 Å². The van der Waals surface area contributed by atoms with Gasteiger partial charge in [-0.25, -0.2) is 4.99 Å². The summed E-state index contributed by atoms with van der Waals surface area (Å²) < 4.78 is 0. The fourth-order valence-electron chi connectivity index (χ4n) is 2.40. The van der Waals surface area contributed by atoms with Crippen LogP contribution in [0.25, 0.3) is 6.08 Å². The monoisotopic (exact) mass is 381 g/mol. The fourth-order valence-corrected chi connectivity index (χ4v) is 3.41. The van der Waals surface area contributed by atoms with Gasteiger partial charge >= 0.3 is 0 Å². The lowest BCUT2D eigenvalue weighted by Gasteiger charge is -2.12. The van der Waals surface area contributed by atoms with Crippen molar-refractivity contribution in [3.8, 4) is 5.75 Å². The van der Waals surface area contributed by atoms with Crippen molar-refractivity contribution in [2.75, 3.05) is 6.54 Å². The molecule has 2 aromatic rings. The van der Waals surface area contributed by atoms with Crippen molar-refractivity contribution < 1.29 is 14.8 Å². The van der Waals surface area contributed by atoms with E-state index in [1.54, 1.807) is 36.4 Å². The molecule has 1 saturated heterocycles. The summed E-state index contributed by atoms with van der Waals surface area (Å²) in [5.41, 5.74) is 1.19. The predicted molar refractivity (Wildman–Crippen MR) is 106 cm³/mol. The van der Waals surface area contributed by atoms with Crippen LogP contribution in [0.4, 0.5) is 11.4 Å². The number of amides is 1. The lowest BCUT2D eigenvalue weighted by Crippen LogP contribution is -2.29. The highest BCUT2D eigenvalue weighted by molar-refractivity contribution is 8.18. The van der Waals surface area contributed by atoms with Crippen LogP contribution >= 0.6 is 11.8 Å². The summed E-state index contributed by atoms with van der Waals surface area (Å²) in [5, 5.41) is 20.8. The largest absolute Gasteiger partial charge is 0.508 e. The summed E-state index contributed by atoms with van der Waals surface area (Å²) in [5.74, 6) is -0.139. The summed E-state index contributed by atoms with van der Waals surface area (Å²) in [6.07, 6.45) is 3.27. The third-order valence-electron chi connectivity index (χ3n) is 3.66. The van der Waals surface area contributed by atoms with E-state index in [0.717, 1.165) is 0 Å². The van der Waals surface area contributed by atoms with Gasteiger partial charge in [-0.15, -0.1) is 6.58 Å². The second-order valence-corrected chi connectivity index (χ2v) is 6.59. The van der Waals surface area contributed by atoms with E-state index < -0.39 is 4.92 Å². The van der Waals surface area contributed by atoms with Crippen LogP contribution in [0.5, 0.6) is 5.75 Å². The second-order valence-electron chi connectivity index (χ2n) is 5.58. The number of carbonyl (C=O) groups is 1. The molecular weight excluding hydrogens is 366 g/mol. The molecule has 27 heavy (non-hydrogen) atoms. The zero-order valence-electron chi connectivity index (χ0n) is 14.1. The number of hydrogen-bond donors (Lipinski definition) is 1. The number of phenolic OH excluding ortho intramolecular Hbond substituents is 1. The van der Waals surface area contributed by atoms with Crippen molar-refractivity contribution in [1.29, 1.82) is 0 Å². The summed E-state index contributed by atoms with van der Waals surface area (Å²) in [6, 6.07) is 12.4. The predicted octanol–water partition coefficient (Wildman–Crippen LogP) is 4.09. The zero-order chi connectivity index (χ0) is 19.4. The molecule has 0 spiro atoms. The third-order valence-corrected chi connectivity index (χ3v) is 4.66. The maximum absolute atomic E-state index is 12.7. The van der Waals surface area contributed by atoms with Crippen molar-refractivity contribution in [2.45, 2.75) is 0 Å². The SMILES string of the molecule is C=CCN1C(=O)/C(=C\c2ccc([N+](=O)[O-])cc2)SC1=Nc1cccc(O)c1. The van der Waals surface area contributed by atoms with E-state index >= 15 is 0 Å². The van der Waals surface area contributed by atoms with Gasteiger partial charge in [0.25, 0.3) is 11.6 Å². The molecule has 7 nitrogen and oxygen atoms in total. The average molecular weight is 381 g/mol. The van der Waals surface area contributed by atoms with Crippen molar-refractivity contribution in [3.05, 3.63) is 81.8 Å². The quantitative estimate of drug-likeness (QED) is 0.364. The number of benzene rings is 2. The molecule has 1 aliphatic heterocycles. The number of carbonyl (C=O) groups excluding carboxylic acids is 1. The molecule has 2 aromatic carbocycles. The molecule has 136 valence electrons. The molecule has 1 aliphatic rings. The number of nitro groups is 1. The molecule has 1 N–H and O–H groups in total. The van der Waals surface area contributed by atoms with Crippen LogP contribution in [-0.4, -0.2) is 32.5 Å². The second kappa shape index (κ2) is 7.88. The molecule has 0 aromatic heterocycles. The molecule has 0 aliphatic carbocycles. The first-order valence-electron chi connectivity index (χ1n) is 7.92. The highest BCUT2D eigenvalue weighted by Crippen LogP contribution is 2.34. The van der Waals surface area contributed by atoms with Crippen LogP contribution < -0.4 is 0 Å². The molecule has 1 fully saturated rings. The van der Waals surface area contributed by atoms with Crippen LogP contribution in [0.1, 0.15) is 5.56 Å². The van der Waals surface area contributed by atoms with Crippen LogP contribution in [0.3, 0.4) is 0 Å². The molecule has 1 amide bonds. The highest BCUT2D eigenvalue weighted by Gasteiger charge is 2.32. The smallest absolute Gasteiger partial charge is 0.269 e. The Morgan fingerprint density at radius 2 is 2.00 bits per heavy atom. The van der Waals surface area contributed by atoms with Crippen LogP contribution in [0, 0.1) is 10.1 Å². The van der Waals surface area contributed by atoms with Gasteiger partial charge in [0.15, 0.2) is 5.17 Å². The normalized spacial score (nSPS) is 16.9. The Kier molecular flexibility index (Phi) is 5.37. The Morgan fingerprint density at radius 1 is 1.26 bits per heavy atom. The summed E-state index contributed by atoms with van der Waals surface area (Å²) >= 11 is 1.20. The Balaban J connectivity index is 1.92. The molecule has 8 heteroatoms. The van der Waals surface area contributed by atoms with Crippen molar-refractivity contribution in [3.63, 3.8) is 0 Å². The van der Waals surface area contributed by atoms with Crippen molar-refractivity contribution >= 4 is 40.3 Å². The Bertz CT molecular complexity index is 967. The topological polar surface area (TPSA) is 96.0 Å². The molecule has 1 heterocycles. The average Bonchev–Trinajstić information content (AvgIpc) is 2.91. The number of aromatic hydroxyl groups is 1. The summed E-state index contributed by atoms with van der Waals surface area (Å²) in [4.78, 5) is 29.3. The zero-order valence-corrected chi connectivity index (χ0v) is 14.9. The maximum Gasteiger partial charge on any atom is 0.269 e. The Morgan fingerprint density at radius 3 is 2.63 bits per heavy atom. The van der Waals surface area contributed by atoms with Gasteiger partial charge in [-0.1, -0.05) is 12.1 Å². The number of rotatable bonds is 5. The molecular formula is C19H15N3O4S. The highest BCUT2D eigenvalue weighted by atomic mass is 32.2. The lowest BCUT2D eigenvalue weighted by atomic mass is 10.2. The van der Waals surface area contributed by atoms with Gasteiger partial charge in [-0.2, -0.15) is 0 Å². The van der Waals surface area contributed by atoms with E-state index in [-0.39, 0.29) is 17.3 Å². The van der Waals surface area contributed by atoms with E-state index in [9.17, 15) is 20.0 Å². The van der Waals surface area contributed by atoms with E-state index in [1.807, 2.05) is 0 Å². The van der Waals surface area contributed by atoms with Crippen LogP contribution in [0.15, 0.2) is 71.1 Å². The van der Waals surface area contributed by atoms with Gasteiger partial charge in [0, 0.05) is 24.7 Å². The molecule has 0 atom stereocenters. The maximum atomic E-state index is 12.7. The molecule has 3 rings (SSSR count). The summed E-state index contributed by atoms with van der Waals surface area (Å²) in [6.45, 7) is 3.96. The minimum Gasteiger partial charge on any atom is -0.508 e. The number of aliphatic imine (C=N–C) groups is 1. The fraction of sp³-hybridized carbons (Fsp3) is 0.0526. The van der Waals surface area contributed by atoms with Gasteiger partial charge < -0.3 is 5.11 Å². The number of phenols is 1. The van der Waals surface area contributed by atoms with E-state index in [1.165, 1.54) is 40.9 Å². The molecule has 0 bridgehead atoms. The van der Waals surface area contributed by atoms with E-state index in [0.29, 0.717) is 27.9 Å². The number of thioether (sulfide) groups is 1. The third kappa shape index (κ3) is 4.24. The molecule has 0 radical (unpaired) electrons.